The van der Waals surface area contributed by atoms with Crippen molar-refractivity contribution in [3.8, 4) is 0 Å². The van der Waals surface area contributed by atoms with Crippen LogP contribution in [0.1, 0.15) is 64.2 Å². The third-order valence-corrected chi connectivity index (χ3v) is 4.87. The fraction of sp³-hybridized carbons (Fsp3) is 1.00. The Labute approximate surface area is 109 Å². The third-order valence-electron chi connectivity index (χ3n) is 4.87. The molecular weight excluding hydrogens is 234 g/mol. The molecule has 0 heterocycles. The number of nitrogens with two attached hydrogens (primary N) is 1. The molecule has 0 spiro atoms. The van der Waals surface area contributed by atoms with E-state index >= 15 is 0 Å². The van der Waals surface area contributed by atoms with E-state index in [0.717, 1.165) is 0 Å². The van der Waals surface area contributed by atoms with E-state index in [0.29, 0.717) is 24.7 Å². The standard InChI is InChI=1S/C14H26F2N2/c15-14(16)9-7-12(8-10-14)13(18-17)11-5-3-1-2-4-6-11/h11-13,18H,1-10,17H2. The van der Waals surface area contributed by atoms with Crippen LogP contribution in [-0.2, 0) is 0 Å². The van der Waals surface area contributed by atoms with Crippen molar-refractivity contribution < 1.29 is 8.78 Å². The van der Waals surface area contributed by atoms with Gasteiger partial charge in [0.2, 0.25) is 5.92 Å². The van der Waals surface area contributed by atoms with Crippen LogP contribution >= 0.6 is 0 Å². The number of hydrogen-bond donors (Lipinski definition) is 2. The fourth-order valence-corrected chi connectivity index (χ4v) is 3.75. The second kappa shape index (κ2) is 6.29. The molecule has 0 amide bonds. The Hall–Kier alpha value is -0.220. The van der Waals surface area contributed by atoms with Crippen molar-refractivity contribution in [1.29, 1.82) is 0 Å². The zero-order valence-corrected chi connectivity index (χ0v) is 11.1. The number of alkyl halides is 2. The minimum Gasteiger partial charge on any atom is -0.271 e. The molecule has 0 aliphatic heterocycles. The molecule has 2 fully saturated rings. The Kier molecular flexibility index (Phi) is 4.96. The lowest BCUT2D eigenvalue weighted by atomic mass is 9.75. The van der Waals surface area contributed by atoms with Crippen LogP contribution < -0.4 is 11.3 Å². The van der Waals surface area contributed by atoms with Crippen molar-refractivity contribution in [3.05, 3.63) is 0 Å². The zero-order chi connectivity index (χ0) is 13.0. The highest BCUT2D eigenvalue weighted by Gasteiger charge is 2.39. The maximum atomic E-state index is 13.2. The van der Waals surface area contributed by atoms with Gasteiger partial charge in [-0.2, -0.15) is 0 Å². The summed E-state index contributed by atoms with van der Waals surface area (Å²) >= 11 is 0. The molecule has 1 unspecified atom stereocenters. The molecule has 2 saturated carbocycles. The van der Waals surface area contributed by atoms with Crippen molar-refractivity contribution >= 4 is 0 Å². The summed E-state index contributed by atoms with van der Waals surface area (Å²) in [5.74, 6) is 4.22. The second-order valence-electron chi connectivity index (χ2n) is 6.14. The quantitative estimate of drug-likeness (QED) is 0.462. The monoisotopic (exact) mass is 260 g/mol. The second-order valence-corrected chi connectivity index (χ2v) is 6.14. The van der Waals surface area contributed by atoms with Crippen LogP contribution in [0.2, 0.25) is 0 Å². The molecule has 0 bridgehead atoms. The van der Waals surface area contributed by atoms with Crippen LogP contribution in [0.3, 0.4) is 0 Å². The lowest BCUT2D eigenvalue weighted by Crippen LogP contribution is -2.48. The van der Waals surface area contributed by atoms with Gasteiger partial charge in [-0.3, -0.25) is 11.3 Å². The first kappa shape index (κ1) is 14.2. The van der Waals surface area contributed by atoms with Gasteiger partial charge in [0.1, 0.15) is 0 Å². The van der Waals surface area contributed by atoms with Gasteiger partial charge in [-0.1, -0.05) is 25.7 Å². The van der Waals surface area contributed by atoms with Gasteiger partial charge in [-0.25, -0.2) is 8.78 Å². The summed E-state index contributed by atoms with van der Waals surface area (Å²) in [6.45, 7) is 0. The molecular formula is C14H26F2N2. The molecule has 0 aromatic heterocycles. The molecule has 18 heavy (non-hydrogen) atoms. The van der Waals surface area contributed by atoms with Crippen molar-refractivity contribution in [3.63, 3.8) is 0 Å². The lowest BCUT2D eigenvalue weighted by molar-refractivity contribution is -0.0524. The summed E-state index contributed by atoms with van der Waals surface area (Å²) in [6.07, 6.45) is 8.93. The summed E-state index contributed by atoms with van der Waals surface area (Å²) in [4.78, 5) is 0. The molecule has 0 aromatic carbocycles. The summed E-state index contributed by atoms with van der Waals surface area (Å²) in [5, 5.41) is 0. The van der Waals surface area contributed by atoms with Crippen LogP contribution in [-0.4, -0.2) is 12.0 Å². The molecule has 2 aliphatic carbocycles. The van der Waals surface area contributed by atoms with E-state index in [1.165, 1.54) is 38.5 Å². The summed E-state index contributed by atoms with van der Waals surface area (Å²) in [7, 11) is 0. The number of hydrogen-bond acceptors (Lipinski definition) is 2. The third kappa shape index (κ3) is 3.64. The SMILES string of the molecule is NNC(C1CCCCCC1)C1CCC(F)(F)CC1. The Morgan fingerprint density at radius 2 is 1.39 bits per heavy atom. The molecule has 0 saturated heterocycles. The topological polar surface area (TPSA) is 38.0 Å². The van der Waals surface area contributed by atoms with E-state index in [-0.39, 0.29) is 18.9 Å². The average molecular weight is 260 g/mol. The Morgan fingerprint density at radius 3 is 1.89 bits per heavy atom. The molecule has 3 N–H and O–H groups in total. The first-order valence-electron chi connectivity index (χ1n) is 7.46. The first-order valence-corrected chi connectivity index (χ1v) is 7.46. The van der Waals surface area contributed by atoms with Crippen LogP contribution in [0.15, 0.2) is 0 Å². The van der Waals surface area contributed by atoms with Gasteiger partial charge in [0, 0.05) is 18.9 Å². The van der Waals surface area contributed by atoms with Crippen LogP contribution in [0, 0.1) is 11.8 Å². The van der Waals surface area contributed by atoms with Gasteiger partial charge in [-0.05, 0) is 37.5 Å². The van der Waals surface area contributed by atoms with Crippen LogP contribution in [0.25, 0.3) is 0 Å². The molecule has 1 atom stereocenters. The Morgan fingerprint density at radius 1 is 0.889 bits per heavy atom. The molecule has 106 valence electrons. The normalized spacial score (nSPS) is 28.8. The zero-order valence-electron chi connectivity index (χ0n) is 11.1. The number of hydrazine groups is 1. The highest BCUT2D eigenvalue weighted by molar-refractivity contribution is 4.88. The molecule has 0 aromatic rings. The largest absolute Gasteiger partial charge is 0.271 e. The minimum atomic E-state index is -2.43. The number of halogens is 2. The Bertz CT molecular complexity index is 240. The van der Waals surface area contributed by atoms with Gasteiger partial charge in [0.25, 0.3) is 0 Å². The number of nitrogens with one attached hydrogen (secondary N) is 1. The molecule has 2 nitrogen and oxygen atoms in total. The van der Waals surface area contributed by atoms with Crippen molar-refractivity contribution in [1.82, 2.24) is 5.43 Å². The maximum Gasteiger partial charge on any atom is 0.248 e. The average Bonchev–Trinajstić information content (AvgIpc) is 2.61. The van der Waals surface area contributed by atoms with Gasteiger partial charge < -0.3 is 0 Å². The molecule has 0 radical (unpaired) electrons. The maximum absolute atomic E-state index is 13.2. The van der Waals surface area contributed by atoms with E-state index < -0.39 is 5.92 Å². The predicted molar refractivity (Wildman–Crippen MR) is 69.2 cm³/mol. The molecule has 2 rings (SSSR count). The van der Waals surface area contributed by atoms with E-state index in [2.05, 4.69) is 5.43 Å². The van der Waals surface area contributed by atoms with Gasteiger partial charge in [-0.15, -0.1) is 0 Å². The van der Waals surface area contributed by atoms with E-state index in [1.54, 1.807) is 0 Å². The minimum absolute atomic E-state index is 0.0442. The van der Waals surface area contributed by atoms with Crippen LogP contribution in [0.5, 0.6) is 0 Å². The summed E-state index contributed by atoms with van der Waals surface area (Å²) < 4.78 is 26.4. The number of rotatable bonds is 3. The Balaban J connectivity index is 1.91. The summed E-state index contributed by atoms with van der Waals surface area (Å²) in [5.41, 5.74) is 2.95. The highest BCUT2D eigenvalue weighted by Crippen LogP contribution is 2.40. The fourth-order valence-electron chi connectivity index (χ4n) is 3.75. The van der Waals surface area contributed by atoms with Crippen molar-refractivity contribution in [2.24, 2.45) is 17.7 Å². The van der Waals surface area contributed by atoms with Gasteiger partial charge >= 0.3 is 0 Å². The van der Waals surface area contributed by atoms with Crippen molar-refractivity contribution in [2.75, 3.05) is 0 Å². The molecule has 4 heteroatoms. The van der Waals surface area contributed by atoms with Gasteiger partial charge in [0.15, 0.2) is 0 Å². The summed E-state index contributed by atoms with van der Waals surface area (Å²) in [6, 6.07) is 0.249. The highest BCUT2D eigenvalue weighted by atomic mass is 19.3. The molecule has 2 aliphatic rings. The van der Waals surface area contributed by atoms with E-state index in [9.17, 15) is 8.78 Å². The first-order chi connectivity index (χ1) is 8.62. The predicted octanol–water partition coefficient (Wildman–Crippen LogP) is 3.61. The van der Waals surface area contributed by atoms with E-state index in [4.69, 9.17) is 5.84 Å². The van der Waals surface area contributed by atoms with Gasteiger partial charge in [0.05, 0.1) is 0 Å². The lowest BCUT2D eigenvalue weighted by Gasteiger charge is -2.37. The van der Waals surface area contributed by atoms with E-state index in [1.807, 2.05) is 0 Å². The van der Waals surface area contributed by atoms with Crippen LogP contribution in [0.4, 0.5) is 8.78 Å². The smallest absolute Gasteiger partial charge is 0.248 e. The van der Waals surface area contributed by atoms with Crippen molar-refractivity contribution in [2.45, 2.75) is 76.2 Å².